The molecule has 4 rings (SSSR count). The Hall–Kier alpha value is -4.15. The monoisotopic (exact) mass is 467 g/mol. The van der Waals surface area contributed by atoms with Gasteiger partial charge in [0.25, 0.3) is 12.3 Å². The van der Waals surface area contributed by atoms with Crippen LogP contribution in [0.5, 0.6) is 0 Å². The zero-order valence-corrected chi connectivity index (χ0v) is 19.0. The van der Waals surface area contributed by atoms with Gasteiger partial charge in [-0.15, -0.1) is 0 Å². The Kier molecular flexibility index (Phi) is 6.10. The number of carbonyl (C=O) groups is 1. The van der Waals surface area contributed by atoms with E-state index in [1.807, 2.05) is 6.92 Å². The summed E-state index contributed by atoms with van der Waals surface area (Å²) in [5.74, 6) is 0.275. The largest absolute Gasteiger partial charge is 0.440 e. The van der Waals surface area contributed by atoms with Gasteiger partial charge in [0.1, 0.15) is 23.5 Å². The summed E-state index contributed by atoms with van der Waals surface area (Å²) in [5.41, 5.74) is 1.06. The molecule has 0 aliphatic carbocycles. The first kappa shape index (κ1) is 23.0. The predicted octanol–water partition coefficient (Wildman–Crippen LogP) is 4.52. The molecule has 0 saturated carbocycles. The van der Waals surface area contributed by atoms with Crippen molar-refractivity contribution in [3.05, 3.63) is 71.6 Å². The van der Waals surface area contributed by atoms with Gasteiger partial charge in [-0.05, 0) is 38.0 Å². The van der Waals surface area contributed by atoms with Crippen LogP contribution in [0.2, 0.25) is 0 Å². The van der Waals surface area contributed by atoms with Gasteiger partial charge in [0, 0.05) is 24.9 Å². The summed E-state index contributed by atoms with van der Waals surface area (Å²) in [6.07, 6.45) is 2.01. The third kappa shape index (κ3) is 4.77. The lowest BCUT2D eigenvalue weighted by Crippen LogP contribution is -2.41. The quantitative estimate of drug-likeness (QED) is 0.411. The highest BCUT2D eigenvalue weighted by atomic mass is 19.3. The van der Waals surface area contributed by atoms with Crippen LogP contribution in [0.1, 0.15) is 47.6 Å². The number of rotatable bonds is 7. The average Bonchev–Trinajstić information content (AvgIpc) is 3.44. The van der Waals surface area contributed by atoms with Crippen molar-refractivity contribution in [3.63, 3.8) is 0 Å². The molecule has 4 aromatic rings. The van der Waals surface area contributed by atoms with E-state index in [9.17, 15) is 13.6 Å². The number of carbonyl (C=O) groups excluding carboxylic acids is 1. The number of benzene rings is 1. The van der Waals surface area contributed by atoms with E-state index in [4.69, 9.17) is 4.42 Å². The number of hydrogen-bond acceptors (Lipinski definition) is 7. The van der Waals surface area contributed by atoms with Gasteiger partial charge in [0.15, 0.2) is 0 Å². The molecule has 1 amide bonds. The van der Waals surface area contributed by atoms with Gasteiger partial charge in [0.2, 0.25) is 5.95 Å². The van der Waals surface area contributed by atoms with Gasteiger partial charge >= 0.3 is 5.91 Å². The topological polar surface area (TPSA) is 111 Å². The third-order valence-electron chi connectivity index (χ3n) is 5.26. The smallest absolute Gasteiger partial charge is 0.307 e. The second-order valence-electron chi connectivity index (χ2n) is 8.23. The molecule has 0 saturated heterocycles. The van der Waals surface area contributed by atoms with Crippen LogP contribution in [-0.4, -0.2) is 30.6 Å². The Morgan fingerprint density at radius 2 is 2.00 bits per heavy atom. The first-order chi connectivity index (χ1) is 16.1. The fraction of sp³-hybridized carbons (Fsp3) is 0.261. The van der Waals surface area contributed by atoms with Gasteiger partial charge in [-0.2, -0.15) is 5.10 Å². The number of nitrogens with one attached hydrogen (secondary N) is 2. The maximum atomic E-state index is 13.1. The van der Waals surface area contributed by atoms with E-state index < -0.39 is 17.9 Å². The average molecular weight is 467 g/mol. The maximum absolute atomic E-state index is 13.1. The SMILES string of the molecule is Cc1cnc(Nc2ccnn2C)nc1-c1coc(C(=O)NC(C)(C)c2cccc(C(F)F)c2)n1. The van der Waals surface area contributed by atoms with Crippen molar-refractivity contribution in [2.45, 2.75) is 32.7 Å². The van der Waals surface area contributed by atoms with Crippen LogP contribution < -0.4 is 10.6 Å². The minimum atomic E-state index is -2.60. The lowest BCUT2D eigenvalue weighted by atomic mass is 9.92. The van der Waals surface area contributed by atoms with E-state index in [1.165, 1.54) is 24.5 Å². The minimum Gasteiger partial charge on any atom is -0.440 e. The van der Waals surface area contributed by atoms with Gasteiger partial charge in [-0.25, -0.2) is 23.7 Å². The van der Waals surface area contributed by atoms with Crippen molar-refractivity contribution in [2.75, 3.05) is 5.32 Å². The van der Waals surface area contributed by atoms with Crippen LogP contribution >= 0.6 is 0 Å². The van der Waals surface area contributed by atoms with Crippen molar-refractivity contribution in [1.29, 1.82) is 0 Å². The maximum Gasteiger partial charge on any atom is 0.307 e. The molecule has 0 radical (unpaired) electrons. The molecule has 176 valence electrons. The van der Waals surface area contributed by atoms with Crippen LogP contribution in [0.25, 0.3) is 11.4 Å². The number of hydrogen-bond donors (Lipinski definition) is 2. The molecule has 2 N–H and O–H groups in total. The fourth-order valence-corrected chi connectivity index (χ4v) is 3.33. The second kappa shape index (κ2) is 9.00. The zero-order chi connectivity index (χ0) is 24.5. The summed E-state index contributed by atoms with van der Waals surface area (Å²) in [6, 6.07) is 7.69. The number of aromatic nitrogens is 5. The van der Waals surface area contributed by atoms with Gasteiger partial charge < -0.3 is 15.1 Å². The molecule has 34 heavy (non-hydrogen) atoms. The highest BCUT2D eigenvalue weighted by Crippen LogP contribution is 2.27. The summed E-state index contributed by atoms with van der Waals surface area (Å²) >= 11 is 0. The first-order valence-electron chi connectivity index (χ1n) is 10.4. The highest BCUT2D eigenvalue weighted by molar-refractivity contribution is 5.90. The van der Waals surface area contributed by atoms with Crippen molar-refractivity contribution in [1.82, 2.24) is 30.0 Å². The van der Waals surface area contributed by atoms with Crippen molar-refractivity contribution in [2.24, 2.45) is 7.05 Å². The standard InChI is InChI=1S/C23H23F2N7O2/c1-13-11-26-22(29-17-8-9-27-32(17)4)30-18(13)16-12-34-21(28-16)20(33)31-23(2,3)15-7-5-6-14(10-15)19(24)25/h5-12,19H,1-4H3,(H,31,33)(H,26,29,30). The number of aryl methyl sites for hydroxylation is 2. The van der Waals surface area contributed by atoms with Crippen LogP contribution in [-0.2, 0) is 12.6 Å². The molecule has 9 nitrogen and oxygen atoms in total. The first-order valence-corrected chi connectivity index (χ1v) is 10.4. The highest BCUT2D eigenvalue weighted by Gasteiger charge is 2.27. The molecule has 0 aliphatic heterocycles. The predicted molar refractivity (Wildman–Crippen MR) is 121 cm³/mol. The summed E-state index contributed by atoms with van der Waals surface area (Å²) < 4.78 is 33.2. The van der Waals surface area contributed by atoms with E-state index in [1.54, 1.807) is 50.1 Å². The lowest BCUT2D eigenvalue weighted by Gasteiger charge is -2.26. The number of oxazole rings is 1. The Morgan fingerprint density at radius 1 is 1.21 bits per heavy atom. The van der Waals surface area contributed by atoms with Crippen LogP contribution in [0.15, 0.2) is 53.4 Å². The van der Waals surface area contributed by atoms with Gasteiger partial charge in [-0.1, -0.05) is 18.2 Å². The van der Waals surface area contributed by atoms with Crippen LogP contribution in [0.3, 0.4) is 0 Å². The molecular formula is C23H23F2N7O2. The Balaban J connectivity index is 1.54. The van der Waals surface area contributed by atoms with E-state index in [-0.39, 0.29) is 11.5 Å². The molecule has 11 heteroatoms. The molecule has 1 aromatic carbocycles. The van der Waals surface area contributed by atoms with E-state index >= 15 is 0 Å². The molecule has 0 aliphatic rings. The molecule has 0 atom stereocenters. The molecule has 0 fully saturated rings. The van der Waals surface area contributed by atoms with Crippen LogP contribution in [0.4, 0.5) is 20.5 Å². The molecule has 3 heterocycles. The molecule has 0 spiro atoms. The third-order valence-corrected chi connectivity index (χ3v) is 5.26. The van der Waals surface area contributed by atoms with E-state index in [0.717, 1.165) is 5.56 Å². The summed E-state index contributed by atoms with van der Waals surface area (Å²) in [5, 5.41) is 9.94. The normalized spacial score (nSPS) is 11.6. The Morgan fingerprint density at radius 3 is 2.71 bits per heavy atom. The Bertz CT molecular complexity index is 1330. The molecule has 0 unspecified atom stereocenters. The van der Waals surface area contributed by atoms with Gasteiger partial charge in [-0.3, -0.25) is 9.48 Å². The van der Waals surface area contributed by atoms with E-state index in [0.29, 0.717) is 28.7 Å². The van der Waals surface area contributed by atoms with Crippen molar-refractivity contribution < 1.29 is 18.0 Å². The number of nitrogens with zero attached hydrogens (tertiary/aromatic N) is 5. The minimum absolute atomic E-state index is 0.118. The van der Waals surface area contributed by atoms with Crippen molar-refractivity contribution in [3.8, 4) is 11.4 Å². The lowest BCUT2D eigenvalue weighted by molar-refractivity contribution is 0.0876. The number of anilines is 2. The summed E-state index contributed by atoms with van der Waals surface area (Å²) in [7, 11) is 1.78. The number of halogens is 2. The Labute approximate surface area is 194 Å². The number of amides is 1. The summed E-state index contributed by atoms with van der Waals surface area (Å²) in [4.78, 5) is 25.9. The van der Waals surface area contributed by atoms with Crippen LogP contribution in [0, 0.1) is 6.92 Å². The van der Waals surface area contributed by atoms with Crippen molar-refractivity contribution >= 4 is 17.7 Å². The van der Waals surface area contributed by atoms with Gasteiger partial charge in [0.05, 0.1) is 11.7 Å². The zero-order valence-electron chi connectivity index (χ0n) is 19.0. The second-order valence-corrected chi connectivity index (χ2v) is 8.23. The molecule has 0 bridgehead atoms. The number of alkyl halides is 2. The molecular weight excluding hydrogens is 444 g/mol. The molecule has 3 aromatic heterocycles. The van der Waals surface area contributed by atoms with E-state index in [2.05, 4.69) is 30.7 Å². The fourth-order valence-electron chi connectivity index (χ4n) is 3.33. The summed E-state index contributed by atoms with van der Waals surface area (Å²) in [6.45, 7) is 5.24.